The van der Waals surface area contributed by atoms with Gasteiger partial charge in [-0.05, 0) is 31.5 Å². The molecule has 2 aromatic carbocycles. The van der Waals surface area contributed by atoms with E-state index < -0.39 is 0 Å². The van der Waals surface area contributed by atoms with Crippen LogP contribution in [-0.2, 0) is 6.42 Å². The highest BCUT2D eigenvalue weighted by molar-refractivity contribution is 14.0. The van der Waals surface area contributed by atoms with E-state index in [0.717, 1.165) is 5.56 Å². The standard InChI is InChI=1S/C22H30FN3O4.HI/c1-15(30-18-9-7-6-8-17(18)23)14-26-22(24-2)25-13-12-16-10-11-19(27-3)21(29-5)20(16)28-4;/h6-11,15H,12-14H2,1-5H3,(H2,24,25,26);1H. The minimum absolute atomic E-state index is 0. The SMILES string of the molecule is CN=C(NCCc1ccc(OC)c(OC)c1OC)NCC(C)Oc1ccccc1F.I. The summed E-state index contributed by atoms with van der Waals surface area (Å²) in [5.74, 6) is 2.31. The summed E-state index contributed by atoms with van der Waals surface area (Å²) in [6.07, 6.45) is 0.442. The van der Waals surface area contributed by atoms with E-state index >= 15 is 0 Å². The van der Waals surface area contributed by atoms with Crippen molar-refractivity contribution in [1.29, 1.82) is 0 Å². The molecule has 1 unspecified atom stereocenters. The zero-order valence-corrected chi connectivity index (χ0v) is 20.9. The number of guanidine groups is 1. The van der Waals surface area contributed by atoms with Crippen molar-refractivity contribution in [3.05, 3.63) is 47.8 Å². The maximum Gasteiger partial charge on any atom is 0.203 e. The van der Waals surface area contributed by atoms with E-state index in [1.807, 2.05) is 19.1 Å². The molecular formula is C22H31FIN3O4. The third-order valence-electron chi connectivity index (χ3n) is 4.42. The molecule has 0 aliphatic rings. The van der Waals surface area contributed by atoms with Gasteiger partial charge in [0.2, 0.25) is 5.75 Å². The third kappa shape index (κ3) is 7.64. The zero-order chi connectivity index (χ0) is 21.9. The number of ether oxygens (including phenoxy) is 4. The summed E-state index contributed by atoms with van der Waals surface area (Å²) in [5.41, 5.74) is 0.981. The number of rotatable bonds is 10. The van der Waals surface area contributed by atoms with Crippen LogP contribution in [0.5, 0.6) is 23.0 Å². The summed E-state index contributed by atoms with van der Waals surface area (Å²) in [5, 5.41) is 6.43. The molecule has 2 N–H and O–H groups in total. The molecule has 0 aliphatic carbocycles. The summed E-state index contributed by atoms with van der Waals surface area (Å²) in [6, 6.07) is 10.1. The van der Waals surface area contributed by atoms with Crippen molar-refractivity contribution >= 4 is 29.9 Å². The lowest BCUT2D eigenvalue weighted by molar-refractivity contribution is 0.214. The van der Waals surface area contributed by atoms with Crippen LogP contribution in [0.2, 0.25) is 0 Å². The maximum atomic E-state index is 13.7. The van der Waals surface area contributed by atoms with E-state index in [0.29, 0.717) is 42.7 Å². The lowest BCUT2D eigenvalue weighted by Crippen LogP contribution is -2.42. The summed E-state index contributed by atoms with van der Waals surface area (Å²) in [7, 11) is 6.46. The molecule has 0 aliphatic heterocycles. The molecule has 9 heteroatoms. The second kappa shape index (κ2) is 13.8. The molecule has 0 bridgehead atoms. The van der Waals surface area contributed by atoms with Crippen molar-refractivity contribution in [3.8, 4) is 23.0 Å². The number of hydrogen-bond acceptors (Lipinski definition) is 5. The van der Waals surface area contributed by atoms with Crippen LogP contribution in [-0.4, -0.2) is 53.5 Å². The molecule has 0 aromatic heterocycles. The number of nitrogens with zero attached hydrogens (tertiary/aromatic N) is 1. The second-order valence-corrected chi connectivity index (χ2v) is 6.48. The van der Waals surface area contributed by atoms with Gasteiger partial charge in [0, 0.05) is 19.2 Å². The first-order valence-corrected chi connectivity index (χ1v) is 9.67. The summed E-state index contributed by atoms with van der Waals surface area (Å²) < 4.78 is 35.6. The Kier molecular flexibility index (Phi) is 11.8. The predicted molar refractivity (Wildman–Crippen MR) is 131 cm³/mol. The van der Waals surface area contributed by atoms with E-state index in [9.17, 15) is 4.39 Å². The van der Waals surface area contributed by atoms with Crippen LogP contribution in [0.1, 0.15) is 12.5 Å². The van der Waals surface area contributed by atoms with Crippen LogP contribution in [0.4, 0.5) is 4.39 Å². The number of methoxy groups -OCH3 is 3. The molecule has 0 spiro atoms. The highest BCUT2D eigenvalue weighted by atomic mass is 127. The van der Waals surface area contributed by atoms with Crippen LogP contribution in [0.15, 0.2) is 41.4 Å². The molecule has 2 rings (SSSR count). The van der Waals surface area contributed by atoms with Gasteiger partial charge in [-0.25, -0.2) is 4.39 Å². The Bertz CT molecular complexity index is 852. The first-order valence-electron chi connectivity index (χ1n) is 9.67. The third-order valence-corrected chi connectivity index (χ3v) is 4.42. The fraction of sp³-hybridized carbons (Fsp3) is 0.409. The Morgan fingerprint density at radius 3 is 2.29 bits per heavy atom. The van der Waals surface area contributed by atoms with Gasteiger partial charge < -0.3 is 29.6 Å². The molecular weight excluding hydrogens is 516 g/mol. The number of nitrogens with one attached hydrogen (secondary N) is 2. The number of hydrogen-bond donors (Lipinski definition) is 2. The molecule has 1 atom stereocenters. The summed E-state index contributed by atoms with van der Waals surface area (Å²) in [4.78, 5) is 4.21. The van der Waals surface area contributed by atoms with E-state index in [-0.39, 0.29) is 41.6 Å². The topological polar surface area (TPSA) is 73.3 Å². The molecule has 0 heterocycles. The molecule has 0 saturated carbocycles. The van der Waals surface area contributed by atoms with E-state index in [2.05, 4.69) is 15.6 Å². The van der Waals surface area contributed by atoms with E-state index in [1.165, 1.54) is 6.07 Å². The number of aliphatic imine (C=N–C) groups is 1. The van der Waals surface area contributed by atoms with Gasteiger partial charge in [0.15, 0.2) is 29.0 Å². The normalized spacial score (nSPS) is 11.7. The number of halogens is 2. The van der Waals surface area contributed by atoms with Crippen LogP contribution < -0.4 is 29.6 Å². The van der Waals surface area contributed by atoms with Gasteiger partial charge in [-0.3, -0.25) is 4.99 Å². The summed E-state index contributed by atoms with van der Waals surface area (Å²) in [6.45, 7) is 2.95. The minimum atomic E-state index is -0.379. The molecule has 7 nitrogen and oxygen atoms in total. The lowest BCUT2D eigenvalue weighted by atomic mass is 10.1. The molecule has 0 saturated heterocycles. The first kappa shape index (κ1) is 26.6. The zero-order valence-electron chi connectivity index (χ0n) is 18.5. The molecule has 172 valence electrons. The second-order valence-electron chi connectivity index (χ2n) is 6.48. The maximum absolute atomic E-state index is 13.7. The van der Waals surface area contributed by atoms with Gasteiger partial charge in [-0.15, -0.1) is 24.0 Å². The van der Waals surface area contributed by atoms with Crippen LogP contribution in [0.25, 0.3) is 0 Å². The lowest BCUT2D eigenvalue weighted by Gasteiger charge is -2.19. The van der Waals surface area contributed by atoms with Crippen molar-refractivity contribution in [2.24, 2.45) is 4.99 Å². The fourth-order valence-corrected chi connectivity index (χ4v) is 2.94. The molecule has 2 aromatic rings. The highest BCUT2D eigenvalue weighted by Gasteiger charge is 2.15. The van der Waals surface area contributed by atoms with Gasteiger partial charge in [0.1, 0.15) is 6.10 Å². The Balaban J connectivity index is 0.00000480. The fourth-order valence-electron chi connectivity index (χ4n) is 2.94. The van der Waals surface area contributed by atoms with Crippen LogP contribution in [0.3, 0.4) is 0 Å². The van der Waals surface area contributed by atoms with Gasteiger partial charge in [0.25, 0.3) is 0 Å². The average molecular weight is 547 g/mol. The number of benzene rings is 2. The van der Waals surface area contributed by atoms with Gasteiger partial charge in [0.05, 0.1) is 27.9 Å². The van der Waals surface area contributed by atoms with Crippen molar-refractivity contribution in [2.75, 3.05) is 41.5 Å². The van der Waals surface area contributed by atoms with Gasteiger partial charge >= 0.3 is 0 Å². The van der Waals surface area contributed by atoms with Gasteiger partial charge in [-0.1, -0.05) is 18.2 Å². The smallest absolute Gasteiger partial charge is 0.203 e. The van der Waals surface area contributed by atoms with Crippen molar-refractivity contribution in [2.45, 2.75) is 19.4 Å². The largest absolute Gasteiger partial charge is 0.493 e. The molecule has 0 amide bonds. The average Bonchev–Trinajstić information content (AvgIpc) is 2.76. The minimum Gasteiger partial charge on any atom is -0.493 e. The monoisotopic (exact) mass is 547 g/mol. The van der Waals surface area contributed by atoms with Gasteiger partial charge in [-0.2, -0.15) is 0 Å². The Morgan fingerprint density at radius 2 is 1.68 bits per heavy atom. The Hall–Kier alpha value is -2.43. The van der Waals surface area contributed by atoms with Crippen LogP contribution in [0, 0.1) is 5.82 Å². The summed E-state index contributed by atoms with van der Waals surface area (Å²) >= 11 is 0. The Morgan fingerprint density at radius 1 is 0.968 bits per heavy atom. The van der Waals surface area contributed by atoms with E-state index in [4.69, 9.17) is 18.9 Å². The number of para-hydroxylation sites is 1. The van der Waals surface area contributed by atoms with E-state index in [1.54, 1.807) is 46.6 Å². The molecule has 0 radical (unpaired) electrons. The highest BCUT2D eigenvalue weighted by Crippen LogP contribution is 2.39. The molecule has 0 fully saturated rings. The first-order chi connectivity index (χ1) is 14.5. The quantitative estimate of drug-likeness (QED) is 0.269. The predicted octanol–water partition coefficient (Wildman–Crippen LogP) is 3.64. The molecule has 31 heavy (non-hydrogen) atoms. The van der Waals surface area contributed by atoms with Crippen molar-refractivity contribution in [3.63, 3.8) is 0 Å². The van der Waals surface area contributed by atoms with Crippen molar-refractivity contribution in [1.82, 2.24) is 10.6 Å². The van der Waals surface area contributed by atoms with Crippen molar-refractivity contribution < 1.29 is 23.3 Å². The Labute approximate surface area is 200 Å². The van der Waals surface area contributed by atoms with Crippen LogP contribution >= 0.6 is 24.0 Å².